The average Bonchev–Trinajstić information content (AvgIpc) is 2.14. The summed E-state index contributed by atoms with van der Waals surface area (Å²) in [4.78, 5) is 2.21. The summed E-state index contributed by atoms with van der Waals surface area (Å²) in [6, 6.07) is 0.454. The fourth-order valence-corrected chi connectivity index (χ4v) is 1.21. The molecule has 0 spiro atoms. The molecule has 1 heterocycles. The van der Waals surface area contributed by atoms with Crippen LogP contribution >= 0.6 is 0 Å². The smallest absolute Gasteiger partial charge is 0.0586 e. The predicted octanol–water partition coefficient (Wildman–Crippen LogP) is 0.0729. The quantitative estimate of drug-likeness (QED) is 0.523. The van der Waals surface area contributed by atoms with Gasteiger partial charge in [0.2, 0.25) is 0 Å². The Bertz CT molecular complexity index is 74.9. The molecule has 1 saturated heterocycles. The van der Waals surface area contributed by atoms with Crippen molar-refractivity contribution in [2.45, 2.75) is 18.9 Å². The van der Waals surface area contributed by atoms with Crippen molar-refractivity contribution in [3.63, 3.8) is 0 Å². The minimum atomic E-state index is 0.330. The number of hydrogen-bond donors (Lipinski definition) is 1. The number of aliphatic hydroxyl groups excluding tert-OH is 1. The van der Waals surface area contributed by atoms with Crippen LogP contribution in [0.15, 0.2) is 0 Å². The fourth-order valence-electron chi connectivity index (χ4n) is 1.21. The van der Waals surface area contributed by atoms with Crippen LogP contribution in [0.1, 0.15) is 12.8 Å². The molecule has 2 nitrogen and oxygen atoms in total. The number of hydrogen-bond acceptors (Lipinski definition) is 2. The summed E-state index contributed by atoms with van der Waals surface area (Å²) >= 11 is 0. The van der Waals surface area contributed by atoms with Gasteiger partial charge in [-0.05, 0) is 26.4 Å². The fraction of sp³-hybridized carbons (Fsp3) is 1.00. The Morgan fingerprint density at radius 2 is 2.50 bits per heavy atom. The van der Waals surface area contributed by atoms with Gasteiger partial charge in [0.1, 0.15) is 0 Å². The highest BCUT2D eigenvalue weighted by Crippen LogP contribution is 2.12. The standard InChI is InChI=1S/C6H13NO/c1-7-4-2-3-6(7)5-8/h6,8H,2-5H2,1H3. The van der Waals surface area contributed by atoms with Gasteiger partial charge in [0.15, 0.2) is 0 Å². The molecular weight excluding hydrogens is 102 g/mol. The first kappa shape index (κ1) is 6.05. The van der Waals surface area contributed by atoms with Crippen LogP contribution in [0, 0.1) is 0 Å². The summed E-state index contributed by atoms with van der Waals surface area (Å²) in [5.41, 5.74) is 0. The van der Waals surface area contributed by atoms with E-state index < -0.39 is 0 Å². The number of likely N-dealkylation sites (N-methyl/N-ethyl adjacent to an activating group) is 1. The maximum Gasteiger partial charge on any atom is 0.0586 e. The van der Waals surface area contributed by atoms with Crippen LogP contribution in [0.25, 0.3) is 0 Å². The molecule has 1 atom stereocenters. The lowest BCUT2D eigenvalue weighted by Crippen LogP contribution is -2.27. The molecule has 1 N–H and O–H groups in total. The van der Waals surface area contributed by atoms with E-state index in [4.69, 9.17) is 5.11 Å². The van der Waals surface area contributed by atoms with Crippen molar-refractivity contribution in [2.24, 2.45) is 0 Å². The van der Waals surface area contributed by atoms with Gasteiger partial charge in [-0.25, -0.2) is 0 Å². The Hall–Kier alpha value is -0.0800. The molecule has 0 aliphatic carbocycles. The summed E-state index contributed by atoms with van der Waals surface area (Å²) in [5, 5.41) is 8.69. The number of likely N-dealkylation sites (tertiary alicyclic amines) is 1. The van der Waals surface area contributed by atoms with E-state index in [-0.39, 0.29) is 0 Å². The normalized spacial score (nSPS) is 31.5. The van der Waals surface area contributed by atoms with Crippen molar-refractivity contribution in [1.29, 1.82) is 0 Å². The van der Waals surface area contributed by atoms with Gasteiger partial charge in [0, 0.05) is 6.04 Å². The molecule has 1 rings (SSSR count). The van der Waals surface area contributed by atoms with E-state index in [0.29, 0.717) is 12.6 Å². The van der Waals surface area contributed by atoms with Crippen LogP contribution < -0.4 is 0 Å². The Morgan fingerprint density at radius 3 is 2.75 bits per heavy atom. The van der Waals surface area contributed by atoms with E-state index in [1.807, 2.05) is 0 Å². The van der Waals surface area contributed by atoms with Crippen LogP contribution in [-0.4, -0.2) is 36.2 Å². The SMILES string of the molecule is CN1CCCC1CO. The van der Waals surface area contributed by atoms with Gasteiger partial charge in [-0.3, -0.25) is 0 Å². The number of aliphatic hydroxyl groups is 1. The van der Waals surface area contributed by atoms with Gasteiger partial charge in [-0.1, -0.05) is 0 Å². The molecule has 0 radical (unpaired) electrons. The molecule has 1 unspecified atom stereocenters. The summed E-state index contributed by atoms with van der Waals surface area (Å²) in [6.45, 7) is 1.49. The topological polar surface area (TPSA) is 23.5 Å². The van der Waals surface area contributed by atoms with Crippen LogP contribution in [0.3, 0.4) is 0 Å². The van der Waals surface area contributed by atoms with Gasteiger partial charge in [0.25, 0.3) is 0 Å². The van der Waals surface area contributed by atoms with E-state index in [0.717, 1.165) is 6.54 Å². The van der Waals surface area contributed by atoms with Crippen LogP contribution in [0.2, 0.25) is 0 Å². The highest BCUT2D eigenvalue weighted by atomic mass is 16.3. The van der Waals surface area contributed by atoms with Crippen molar-refractivity contribution in [3.8, 4) is 0 Å². The lowest BCUT2D eigenvalue weighted by atomic mass is 10.2. The molecule has 48 valence electrons. The second-order valence-electron chi connectivity index (χ2n) is 2.46. The molecule has 0 saturated carbocycles. The van der Waals surface area contributed by atoms with Gasteiger partial charge in [0.05, 0.1) is 6.61 Å². The summed E-state index contributed by atoms with van der Waals surface area (Å²) < 4.78 is 0. The molecule has 1 fully saturated rings. The van der Waals surface area contributed by atoms with Crippen LogP contribution in [0.5, 0.6) is 0 Å². The molecule has 2 heteroatoms. The molecule has 0 aromatic carbocycles. The first-order valence-electron chi connectivity index (χ1n) is 3.15. The Labute approximate surface area is 50.1 Å². The minimum Gasteiger partial charge on any atom is -0.395 e. The van der Waals surface area contributed by atoms with E-state index in [2.05, 4.69) is 11.9 Å². The molecule has 8 heavy (non-hydrogen) atoms. The second kappa shape index (κ2) is 2.46. The van der Waals surface area contributed by atoms with Gasteiger partial charge >= 0.3 is 0 Å². The molecule has 0 aromatic heterocycles. The molecule has 1 aliphatic rings. The molecule has 0 amide bonds. The molecule has 0 bridgehead atoms. The lowest BCUT2D eigenvalue weighted by molar-refractivity contribution is 0.182. The first-order valence-corrected chi connectivity index (χ1v) is 3.15. The monoisotopic (exact) mass is 115 g/mol. The lowest BCUT2D eigenvalue weighted by Gasteiger charge is -2.15. The zero-order chi connectivity index (χ0) is 5.98. The summed E-state index contributed by atoms with van der Waals surface area (Å²) in [6.07, 6.45) is 2.43. The van der Waals surface area contributed by atoms with Crippen molar-refractivity contribution in [1.82, 2.24) is 4.90 Å². The highest BCUT2D eigenvalue weighted by Gasteiger charge is 2.18. The summed E-state index contributed by atoms with van der Waals surface area (Å²) in [7, 11) is 2.06. The summed E-state index contributed by atoms with van der Waals surface area (Å²) in [5.74, 6) is 0. The second-order valence-corrected chi connectivity index (χ2v) is 2.46. The third kappa shape index (κ3) is 1.01. The van der Waals surface area contributed by atoms with Crippen molar-refractivity contribution >= 4 is 0 Å². The maximum absolute atomic E-state index is 8.69. The Balaban J connectivity index is 2.30. The van der Waals surface area contributed by atoms with Gasteiger partial charge < -0.3 is 10.0 Å². The van der Waals surface area contributed by atoms with E-state index in [1.165, 1.54) is 12.8 Å². The van der Waals surface area contributed by atoms with Crippen molar-refractivity contribution in [3.05, 3.63) is 0 Å². The zero-order valence-electron chi connectivity index (χ0n) is 5.30. The Kier molecular flexibility index (Phi) is 1.86. The molecule has 0 aromatic rings. The van der Waals surface area contributed by atoms with Crippen LogP contribution in [-0.2, 0) is 0 Å². The van der Waals surface area contributed by atoms with E-state index in [9.17, 15) is 0 Å². The number of rotatable bonds is 1. The third-order valence-corrected chi connectivity index (χ3v) is 1.88. The molecule has 1 aliphatic heterocycles. The van der Waals surface area contributed by atoms with Crippen molar-refractivity contribution in [2.75, 3.05) is 20.2 Å². The van der Waals surface area contributed by atoms with Crippen molar-refractivity contribution < 1.29 is 5.11 Å². The third-order valence-electron chi connectivity index (χ3n) is 1.88. The minimum absolute atomic E-state index is 0.330. The predicted molar refractivity (Wildman–Crippen MR) is 32.7 cm³/mol. The average molecular weight is 115 g/mol. The highest BCUT2D eigenvalue weighted by molar-refractivity contribution is 4.74. The van der Waals surface area contributed by atoms with Gasteiger partial charge in [-0.2, -0.15) is 0 Å². The number of nitrogens with zero attached hydrogens (tertiary/aromatic N) is 1. The van der Waals surface area contributed by atoms with Gasteiger partial charge in [-0.15, -0.1) is 0 Å². The largest absolute Gasteiger partial charge is 0.395 e. The van der Waals surface area contributed by atoms with E-state index in [1.54, 1.807) is 0 Å². The van der Waals surface area contributed by atoms with Crippen LogP contribution in [0.4, 0.5) is 0 Å². The zero-order valence-corrected chi connectivity index (χ0v) is 5.30. The first-order chi connectivity index (χ1) is 3.84. The van der Waals surface area contributed by atoms with E-state index >= 15 is 0 Å². The molecular formula is C6H13NO. The maximum atomic E-state index is 8.69. The Morgan fingerprint density at radius 1 is 1.75 bits per heavy atom.